The molecule has 0 atom stereocenters. The van der Waals surface area contributed by atoms with Crippen molar-refractivity contribution < 1.29 is 4.39 Å². The van der Waals surface area contributed by atoms with Crippen LogP contribution in [0.1, 0.15) is 5.69 Å². The van der Waals surface area contributed by atoms with Crippen molar-refractivity contribution in [2.24, 2.45) is 0 Å². The molecule has 0 aliphatic carbocycles. The predicted octanol–water partition coefficient (Wildman–Crippen LogP) is 2.33. The third-order valence-electron chi connectivity index (χ3n) is 2.76. The normalized spacial score (nSPS) is 10.9. The monoisotopic (exact) mass is 242 g/mol. The van der Waals surface area contributed by atoms with Crippen molar-refractivity contribution >= 4 is 11.0 Å². The molecule has 3 aromatic rings. The Morgan fingerprint density at radius 2 is 2.00 bits per heavy atom. The minimum atomic E-state index is -0.433. The van der Waals surface area contributed by atoms with E-state index in [2.05, 4.69) is 15.1 Å². The number of alkyl halides is 1. The molecule has 0 radical (unpaired) electrons. The summed E-state index contributed by atoms with van der Waals surface area (Å²) in [6.07, 6.45) is 3.40. The number of halogens is 1. The number of nitrogens with zero attached hydrogens (tertiary/aromatic N) is 4. The Kier molecular flexibility index (Phi) is 2.72. The highest BCUT2D eigenvalue weighted by molar-refractivity contribution is 5.76. The van der Waals surface area contributed by atoms with Crippen LogP contribution in [0.15, 0.2) is 42.9 Å². The summed E-state index contributed by atoms with van der Waals surface area (Å²) in [5.41, 5.74) is 3.08. The Morgan fingerprint density at radius 3 is 2.78 bits per heavy atom. The fraction of sp³-hybridized carbons (Fsp3) is 0.154. The van der Waals surface area contributed by atoms with Crippen molar-refractivity contribution in [1.82, 2.24) is 19.7 Å². The van der Waals surface area contributed by atoms with Gasteiger partial charge < -0.3 is 0 Å². The Bertz CT molecular complexity index is 663. The number of benzene rings is 1. The lowest BCUT2D eigenvalue weighted by molar-refractivity contribution is 0.488. The maximum absolute atomic E-state index is 12.7. The first-order valence-corrected chi connectivity index (χ1v) is 5.69. The predicted molar refractivity (Wildman–Crippen MR) is 66.3 cm³/mol. The number of rotatable bonds is 3. The van der Waals surface area contributed by atoms with Crippen LogP contribution in [0.2, 0.25) is 0 Å². The largest absolute Gasteiger partial charge is 0.251 e. The van der Waals surface area contributed by atoms with Crippen LogP contribution in [0.4, 0.5) is 4.39 Å². The van der Waals surface area contributed by atoms with Gasteiger partial charge in [-0.05, 0) is 12.1 Å². The molecule has 0 unspecified atom stereocenters. The molecule has 5 heteroatoms. The van der Waals surface area contributed by atoms with Crippen LogP contribution < -0.4 is 0 Å². The maximum atomic E-state index is 12.7. The summed E-state index contributed by atoms with van der Waals surface area (Å²) in [4.78, 5) is 8.13. The van der Waals surface area contributed by atoms with Gasteiger partial charge in [0.2, 0.25) is 0 Å². The van der Waals surface area contributed by atoms with Gasteiger partial charge in [-0.25, -0.2) is 14.6 Å². The first kappa shape index (κ1) is 10.8. The first-order valence-electron chi connectivity index (χ1n) is 5.69. The van der Waals surface area contributed by atoms with Crippen LogP contribution in [-0.2, 0) is 6.42 Å². The van der Waals surface area contributed by atoms with E-state index in [4.69, 9.17) is 0 Å². The quantitative estimate of drug-likeness (QED) is 0.708. The first-order chi connectivity index (χ1) is 8.90. The lowest BCUT2D eigenvalue weighted by Crippen LogP contribution is -2.03. The molecular formula is C13H11FN4. The van der Waals surface area contributed by atoms with Crippen molar-refractivity contribution in [2.45, 2.75) is 6.42 Å². The van der Waals surface area contributed by atoms with E-state index in [1.807, 2.05) is 30.3 Å². The summed E-state index contributed by atoms with van der Waals surface area (Å²) in [5.74, 6) is 0. The third kappa shape index (κ3) is 1.73. The minimum absolute atomic E-state index is 0.294. The lowest BCUT2D eigenvalue weighted by Gasteiger charge is -2.05. The Labute approximate surface area is 103 Å². The Hall–Kier alpha value is -2.30. The van der Waals surface area contributed by atoms with Crippen LogP contribution in [0.3, 0.4) is 0 Å². The van der Waals surface area contributed by atoms with E-state index in [0.29, 0.717) is 17.5 Å². The average Bonchev–Trinajstić information content (AvgIpc) is 2.80. The summed E-state index contributed by atoms with van der Waals surface area (Å²) < 4.78 is 14.4. The molecular weight excluding hydrogens is 231 g/mol. The highest BCUT2D eigenvalue weighted by Crippen LogP contribution is 2.19. The topological polar surface area (TPSA) is 43.6 Å². The Balaban J connectivity index is 2.25. The third-order valence-corrected chi connectivity index (χ3v) is 2.76. The lowest BCUT2D eigenvalue weighted by atomic mass is 10.2. The summed E-state index contributed by atoms with van der Waals surface area (Å²) in [5, 5.41) is 4.43. The highest BCUT2D eigenvalue weighted by Gasteiger charge is 2.13. The number of hydrogen-bond donors (Lipinski definition) is 0. The van der Waals surface area contributed by atoms with Crippen molar-refractivity contribution in [3.8, 4) is 5.69 Å². The van der Waals surface area contributed by atoms with E-state index in [1.54, 1.807) is 10.9 Å². The molecule has 0 saturated carbocycles. The van der Waals surface area contributed by atoms with Gasteiger partial charge in [-0.2, -0.15) is 5.10 Å². The van der Waals surface area contributed by atoms with Gasteiger partial charge >= 0.3 is 0 Å². The molecule has 0 saturated heterocycles. The average molecular weight is 242 g/mol. The minimum Gasteiger partial charge on any atom is -0.251 e. The molecule has 0 spiro atoms. The zero-order chi connectivity index (χ0) is 12.4. The second kappa shape index (κ2) is 4.52. The SMILES string of the molecule is FCCc1c2ncncc2nn1-c1ccccc1. The van der Waals surface area contributed by atoms with Gasteiger partial charge in [-0.3, -0.25) is 4.39 Å². The highest BCUT2D eigenvalue weighted by atomic mass is 19.1. The van der Waals surface area contributed by atoms with E-state index in [-0.39, 0.29) is 0 Å². The van der Waals surface area contributed by atoms with Crippen LogP contribution >= 0.6 is 0 Å². The molecule has 90 valence electrons. The van der Waals surface area contributed by atoms with E-state index in [0.717, 1.165) is 11.4 Å². The number of para-hydroxylation sites is 1. The fourth-order valence-electron chi connectivity index (χ4n) is 1.98. The van der Waals surface area contributed by atoms with Gasteiger partial charge in [0, 0.05) is 6.42 Å². The number of hydrogen-bond acceptors (Lipinski definition) is 3. The number of aromatic nitrogens is 4. The zero-order valence-electron chi connectivity index (χ0n) is 9.62. The van der Waals surface area contributed by atoms with Crippen molar-refractivity contribution in [3.05, 3.63) is 48.5 Å². The summed E-state index contributed by atoms with van der Waals surface area (Å²) in [6.45, 7) is -0.433. The van der Waals surface area contributed by atoms with Gasteiger partial charge in [0.1, 0.15) is 17.4 Å². The summed E-state index contributed by atoms with van der Waals surface area (Å²) in [6, 6.07) is 9.64. The second-order valence-electron chi connectivity index (χ2n) is 3.89. The molecule has 2 heterocycles. The Morgan fingerprint density at radius 1 is 1.17 bits per heavy atom. The summed E-state index contributed by atoms with van der Waals surface area (Å²) >= 11 is 0. The molecule has 0 aliphatic rings. The molecule has 0 fully saturated rings. The van der Waals surface area contributed by atoms with E-state index in [9.17, 15) is 4.39 Å². The van der Waals surface area contributed by atoms with Gasteiger partial charge in [-0.1, -0.05) is 18.2 Å². The number of aryl methyl sites for hydroxylation is 1. The molecule has 1 aromatic carbocycles. The smallest absolute Gasteiger partial charge is 0.130 e. The molecule has 2 aromatic heterocycles. The van der Waals surface area contributed by atoms with Gasteiger partial charge in [-0.15, -0.1) is 0 Å². The molecule has 0 amide bonds. The van der Waals surface area contributed by atoms with E-state index >= 15 is 0 Å². The zero-order valence-corrected chi connectivity index (χ0v) is 9.62. The van der Waals surface area contributed by atoms with E-state index in [1.165, 1.54) is 6.33 Å². The number of fused-ring (bicyclic) bond motifs is 1. The molecule has 18 heavy (non-hydrogen) atoms. The van der Waals surface area contributed by atoms with Crippen molar-refractivity contribution in [3.63, 3.8) is 0 Å². The van der Waals surface area contributed by atoms with Gasteiger partial charge in [0.15, 0.2) is 0 Å². The standard InChI is InChI=1S/C13H11FN4/c14-7-6-12-13-11(8-15-9-16-13)17-18(12)10-4-2-1-3-5-10/h1-5,8-9H,6-7H2. The summed E-state index contributed by atoms with van der Waals surface area (Å²) in [7, 11) is 0. The second-order valence-corrected chi connectivity index (χ2v) is 3.89. The van der Waals surface area contributed by atoms with Crippen LogP contribution in [0.5, 0.6) is 0 Å². The van der Waals surface area contributed by atoms with Crippen LogP contribution in [-0.4, -0.2) is 26.4 Å². The van der Waals surface area contributed by atoms with Gasteiger partial charge in [0.25, 0.3) is 0 Å². The van der Waals surface area contributed by atoms with Crippen molar-refractivity contribution in [2.75, 3.05) is 6.67 Å². The van der Waals surface area contributed by atoms with Crippen LogP contribution in [0.25, 0.3) is 16.7 Å². The van der Waals surface area contributed by atoms with Gasteiger partial charge in [0.05, 0.1) is 24.3 Å². The molecule has 4 nitrogen and oxygen atoms in total. The molecule has 0 N–H and O–H groups in total. The molecule has 0 bridgehead atoms. The van der Waals surface area contributed by atoms with E-state index < -0.39 is 6.67 Å². The molecule has 0 aliphatic heterocycles. The molecule has 3 rings (SSSR count). The van der Waals surface area contributed by atoms with Crippen molar-refractivity contribution in [1.29, 1.82) is 0 Å². The van der Waals surface area contributed by atoms with Crippen LogP contribution in [0, 0.1) is 0 Å². The fourth-order valence-corrected chi connectivity index (χ4v) is 1.98. The maximum Gasteiger partial charge on any atom is 0.130 e.